The minimum Gasteiger partial charge on any atom is -0.308 e. The van der Waals surface area contributed by atoms with Gasteiger partial charge in [-0.15, -0.1) is 0 Å². The quantitative estimate of drug-likeness (QED) is 0.728. The maximum atomic E-state index is 3.61. The van der Waals surface area contributed by atoms with Gasteiger partial charge in [-0.2, -0.15) is 0 Å². The topological polar surface area (TPSA) is 12.0 Å². The Bertz CT molecular complexity index is 399. The number of aryl methyl sites for hydroxylation is 2. The first-order valence-corrected chi connectivity index (χ1v) is 8.17. The molecule has 0 unspecified atom stereocenters. The van der Waals surface area contributed by atoms with E-state index in [-0.39, 0.29) is 5.54 Å². The summed E-state index contributed by atoms with van der Waals surface area (Å²) in [5, 5.41) is 3.61. The highest BCUT2D eigenvalue weighted by Crippen LogP contribution is 2.18. The zero-order valence-corrected chi connectivity index (χ0v) is 14.3. The van der Waals surface area contributed by atoms with Gasteiger partial charge in [0.2, 0.25) is 0 Å². The molecule has 0 aliphatic carbocycles. The van der Waals surface area contributed by atoms with Crippen LogP contribution in [0.25, 0.3) is 0 Å². The smallest absolute Gasteiger partial charge is 0.0213 e. The molecule has 0 aromatic heterocycles. The number of nitrogens with one attached hydrogen (secondary N) is 1. The van der Waals surface area contributed by atoms with Gasteiger partial charge in [0.05, 0.1) is 0 Å². The first kappa shape index (κ1) is 17.2. The van der Waals surface area contributed by atoms with Crippen LogP contribution in [0.3, 0.4) is 0 Å². The van der Waals surface area contributed by atoms with Gasteiger partial charge in [0.25, 0.3) is 0 Å². The van der Waals surface area contributed by atoms with Crippen LogP contribution < -0.4 is 5.32 Å². The van der Waals surface area contributed by atoms with E-state index in [2.05, 4.69) is 65.1 Å². The molecule has 20 heavy (non-hydrogen) atoms. The highest BCUT2D eigenvalue weighted by Gasteiger charge is 2.10. The van der Waals surface area contributed by atoms with Crippen LogP contribution in [0.1, 0.15) is 71.1 Å². The molecule has 1 nitrogen and oxygen atoms in total. The predicted octanol–water partition coefficient (Wildman–Crippen LogP) is 5.12. The fourth-order valence-electron chi connectivity index (χ4n) is 2.33. The van der Waals surface area contributed by atoms with Gasteiger partial charge < -0.3 is 5.32 Å². The normalized spacial score (nSPS) is 12.2. The number of benzene rings is 1. The summed E-state index contributed by atoms with van der Waals surface area (Å²) in [6.45, 7) is 14.5. The minimum absolute atomic E-state index is 0.180. The van der Waals surface area contributed by atoms with Crippen molar-refractivity contribution in [2.75, 3.05) is 0 Å². The van der Waals surface area contributed by atoms with Gasteiger partial charge >= 0.3 is 0 Å². The van der Waals surface area contributed by atoms with Crippen LogP contribution in [-0.2, 0) is 19.4 Å². The summed E-state index contributed by atoms with van der Waals surface area (Å²) in [5.74, 6) is 0.784. The van der Waals surface area contributed by atoms with Crippen molar-refractivity contribution in [3.8, 4) is 0 Å². The molecule has 0 atom stereocenters. The number of hydrogen-bond acceptors (Lipinski definition) is 1. The summed E-state index contributed by atoms with van der Waals surface area (Å²) < 4.78 is 0. The molecule has 1 aromatic rings. The SMILES string of the molecule is CCCc1cc(CCC(C)C)ccc1CNC(C)(C)C. The van der Waals surface area contributed by atoms with E-state index in [1.165, 1.54) is 42.4 Å². The second-order valence-electron chi connectivity index (χ2n) is 7.39. The van der Waals surface area contributed by atoms with Crippen molar-refractivity contribution >= 4 is 0 Å². The molecular formula is C19H33N. The van der Waals surface area contributed by atoms with Gasteiger partial charge in [-0.25, -0.2) is 0 Å². The number of rotatable bonds is 7. The van der Waals surface area contributed by atoms with Gasteiger partial charge in [0, 0.05) is 12.1 Å². The van der Waals surface area contributed by atoms with Gasteiger partial charge in [-0.05, 0) is 62.6 Å². The van der Waals surface area contributed by atoms with Crippen LogP contribution in [0.2, 0.25) is 0 Å². The lowest BCUT2D eigenvalue weighted by atomic mass is 9.95. The number of hydrogen-bond donors (Lipinski definition) is 1. The Hall–Kier alpha value is -0.820. The molecular weight excluding hydrogens is 242 g/mol. The van der Waals surface area contributed by atoms with Crippen LogP contribution in [-0.4, -0.2) is 5.54 Å². The molecule has 0 saturated carbocycles. The third-order valence-corrected chi connectivity index (χ3v) is 3.61. The summed E-state index contributed by atoms with van der Waals surface area (Å²) in [6.07, 6.45) is 4.90. The third-order valence-electron chi connectivity index (χ3n) is 3.61. The van der Waals surface area contributed by atoms with Crippen LogP contribution >= 0.6 is 0 Å². The monoisotopic (exact) mass is 275 g/mol. The van der Waals surface area contributed by atoms with Crippen molar-refractivity contribution < 1.29 is 0 Å². The van der Waals surface area contributed by atoms with E-state index in [9.17, 15) is 0 Å². The maximum absolute atomic E-state index is 3.61. The summed E-state index contributed by atoms with van der Waals surface area (Å²) in [5.41, 5.74) is 4.68. The van der Waals surface area contributed by atoms with Crippen LogP contribution in [0.15, 0.2) is 18.2 Å². The van der Waals surface area contributed by atoms with Crippen molar-refractivity contribution in [3.05, 3.63) is 34.9 Å². The standard InChI is InChI=1S/C19H33N/c1-7-8-17-13-16(10-9-15(2)3)11-12-18(17)14-20-19(4,5)6/h11-13,15,20H,7-10,14H2,1-6H3. The molecule has 0 fully saturated rings. The largest absolute Gasteiger partial charge is 0.308 e. The molecule has 0 saturated heterocycles. The van der Waals surface area contributed by atoms with E-state index < -0.39 is 0 Å². The molecule has 0 aliphatic heterocycles. The Morgan fingerprint density at radius 3 is 2.30 bits per heavy atom. The summed E-state index contributed by atoms with van der Waals surface area (Å²) in [6, 6.07) is 7.09. The second kappa shape index (κ2) is 7.83. The first-order valence-electron chi connectivity index (χ1n) is 8.17. The van der Waals surface area contributed by atoms with Crippen LogP contribution in [0.4, 0.5) is 0 Å². The molecule has 1 N–H and O–H groups in total. The van der Waals surface area contributed by atoms with Crippen molar-refractivity contribution in [3.63, 3.8) is 0 Å². The second-order valence-corrected chi connectivity index (χ2v) is 7.39. The van der Waals surface area contributed by atoms with E-state index in [0.717, 1.165) is 12.5 Å². The van der Waals surface area contributed by atoms with E-state index >= 15 is 0 Å². The van der Waals surface area contributed by atoms with Crippen molar-refractivity contribution in [1.29, 1.82) is 0 Å². The van der Waals surface area contributed by atoms with E-state index in [0.29, 0.717) is 0 Å². The lowest BCUT2D eigenvalue weighted by Crippen LogP contribution is -2.35. The molecule has 1 heteroatoms. The Morgan fingerprint density at radius 2 is 1.75 bits per heavy atom. The molecule has 1 aromatic carbocycles. The summed E-state index contributed by atoms with van der Waals surface area (Å²) >= 11 is 0. The molecule has 114 valence electrons. The minimum atomic E-state index is 0.180. The van der Waals surface area contributed by atoms with Crippen LogP contribution in [0.5, 0.6) is 0 Å². The molecule has 0 aliphatic rings. The van der Waals surface area contributed by atoms with E-state index in [4.69, 9.17) is 0 Å². The molecule has 0 heterocycles. The maximum Gasteiger partial charge on any atom is 0.0213 e. The van der Waals surface area contributed by atoms with Gasteiger partial charge in [0.15, 0.2) is 0 Å². The Labute approximate surface area is 126 Å². The highest BCUT2D eigenvalue weighted by atomic mass is 14.9. The lowest BCUT2D eigenvalue weighted by molar-refractivity contribution is 0.423. The Balaban J connectivity index is 2.78. The van der Waals surface area contributed by atoms with Crippen molar-refractivity contribution in [2.45, 2.75) is 79.3 Å². The van der Waals surface area contributed by atoms with E-state index in [1.807, 2.05) is 0 Å². The molecule has 0 radical (unpaired) electrons. The zero-order valence-electron chi connectivity index (χ0n) is 14.3. The molecule has 1 rings (SSSR count). The summed E-state index contributed by atoms with van der Waals surface area (Å²) in [7, 11) is 0. The van der Waals surface area contributed by atoms with Gasteiger partial charge in [-0.3, -0.25) is 0 Å². The third kappa shape index (κ3) is 6.56. The fourth-order valence-corrected chi connectivity index (χ4v) is 2.33. The fraction of sp³-hybridized carbons (Fsp3) is 0.684. The van der Waals surface area contributed by atoms with Gasteiger partial charge in [-0.1, -0.05) is 45.4 Å². The lowest BCUT2D eigenvalue weighted by Gasteiger charge is -2.22. The Kier molecular flexibility index (Phi) is 6.75. The first-order chi connectivity index (χ1) is 9.31. The predicted molar refractivity (Wildman–Crippen MR) is 90.2 cm³/mol. The summed E-state index contributed by atoms with van der Waals surface area (Å²) in [4.78, 5) is 0. The molecule has 0 spiro atoms. The van der Waals surface area contributed by atoms with Gasteiger partial charge in [0.1, 0.15) is 0 Å². The molecule has 0 amide bonds. The average Bonchev–Trinajstić information content (AvgIpc) is 2.34. The van der Waals surface area contributed by atoms with Crippen molar-refractivity contribution in [1.82, 2.24) is 5.32 Å². The van der Waals surface area contributed by atoms with Crippen LogP contribution in [0, 0.1) is 5.92 Å². The molecule has 0 bridgehead atoms. The van der Waals surface area contributed by atoms with Crippen molar-refractivity contribution in [2.24, 2.45) is 5.92 Å². The van der Waals surface area contributed by atoms with E-state index in [1.54, 1.807) is 0 Å². The average molecular weight is 275 g/mol. The Morgan fingerprint density at radius 1 is 1.05 bits per heavy atom. The zero-order chi connectivity index (χ0) is 15.2. The highest BCUT2D eigenvalue weighted by molar-refractivity contribution is 5.32.